The van der Waals surface area contributed by atoms with Crippen molar-refractivity contribution in [3.8, 4) is 0 Å². The van der Waals surface area contributed by atoms with Gasteiger partial charge in [0.1, 0.15) is 5.76 Å². The van der Waals surface area contributed by atoms with Crippen LogP contribution in [0.15, 0.2) is 22.8 Å². The molecule has 0 saturated carbocycles. The number of rotatable bonds is 6. The molecular formula is C17H30N2O. The largest absolute Gasteiger partial charge is 0.469 e. The summed E-state index contributed by atoms with van der Waals surface area (Å²) in [6, 6.07) is 5.35. The maximum atomic E-state index is 5.44. The maximum Gasteiger partial charge on any atom is 0.103 e. The van der Waals surface area contributed by atoms with E-state index >= 15 is 0 Å². The van der Waals surface area contributed by atoms with Gasteiger partial charge in [0.15, 0.2) is 0 Å². The third-order valence-electron chi connectivity index (χ3n) is 4.28. The number of nitrogens with zero attached hydrogens (tertiary/aromatic N) is 1. The first-order chi connectivity index (χ1) is 9.65. The van der Waals surface area contributed by atoms with E-state index in [-0.39, 0.29) is 0 Å². The van der Waals surface area contributed by atoms with Crippen molar-refractivity contribution in [2.24, 2.45) is 5.92 Å². The first-order valence-corrected chi connectivity index (χ1v) is 8.15. The summed E-state index contributed by atoms with van der Waals surface area (Å²) < 4.78 is 5.44. The molecule has 20 heavy (non-hydrogen) atoms. The molecule has 1 fully saturated rings. The van der Waals surface area contributed by atoms with E-state index in [4.69, 9.17) is 4.42 Å². The highest BCUT2D eigenvalue weighted by molar-refractivity contribution is 4.98. The van der Waals surface area contributed by atoms with Crippen LogP contribution in [0.3, 0.4) is 0 Å². The quantitative estimate of drug-likeness (QED) is 0.865. The molecule has 1 aromatic rings. The van der Waals surface area contributed by atoms with Crippen molar-refractivity contribution in [1.82, 2.24) is 10.2 Å². The molecule has 3 heteroatoms. The zero-order valence-corrected chi connectivity index (χ0v) is 13.3. The van der Waals surface area contributed by atoms with Crippen molar-refractivity contribution < 1.29 is 4.42 Å². The Morgan fingerprint density at radius 3 is 2.95 bits per heavy atom. The standard InChI is InChI=1S/C17H30N2O/c1-14(2)12-16-13-19(10-5-9-18-16)15(3)7-8-17-6-4-11-20-17/h4,6,11,14-16,18H,5,7-10,12-13H2,1-3H3. The highest BCUT2D eigenvalue weighted by Crippen LogP contribution is 2.15. The topological polar surface area (TPSA) is 28.4 Å². The van der Waals surface area contributed by atoms with E-state index in [0.29, 0.717) is 12.1 Å². The lowest BCUT2D eigenvalue weighted by atomic mass is 10.0. The van der Waals surface area contributed by atoms with Gasteiger partial charge in [0.25, 0.3) is 0 Å². The number of nitrogens with one attached hydrogen (secondary N) is 1. The molecule has 3 nitrogen and oxygen atoms in total. The highest BCUT2D eigenvalue weighted by Gasteiger charge is 2.22. The highest BCUT2D eigenvalue weighted by atomic mass is 16.3. The van der Waals surface area contributed by atoms with Gasteiger partial charge < -0.3 is 9.73 Å². The van der Waals surface area contributed by atoms with Crippen LogP contribution in [0.1, 0.15) is 45.8 Å². The van der Waals surface area contributed by atoms with Crippen LogP contribution in [-0.4, -0.2) is 36.6 Å². The van der Waals surface area contributed by atoms with Crippen molar-refractivity contribution in [2.45, 2.75) is 58.5 Å². The van der Waals surface area contributed by atoms with Gasteiger partial charge >= 0.3 is 0 Å². The molecule has 114 valence electrons. The molecule has 0 amide bonds. The molecule has 1 aromatic heterocycles. The predicted molar refractivity (Wildman–Crippen MR) is 83.9 cm³/mol. The Hall–Kier alpha value is -0.800. The number of hydrogen-bond donors (Lipinski definition) is 1. The lowest BCUT2D eigenvalue weighted by Gasteiger charge is -2.30. The normalized spacial score (nSPS) is 22.9. The fraction of sp³-hybridized carbons (Fsp3) is 0.765. The van der Waals surface area contributed by atoms with Crippen LogP contribution in [0, 0.1) is 5.92 Å². The average molecular weight is 278 g/mol. The van der Waals surface area contributed by atoms with Gasteiger partial charge in [-0.05, 0) is 57.3 Å². The van der Waals surface area contributed by atoms with Crippen LogP contribution in [0.4, 0.5) is 0 Å². The fourth-order valence-electron chi connectivity index (χ4n) is 3.14. The summed E-state index contributed by atoms with van der Waals surface area (Å²) in [5.74, 6) is 1.88. The zero-order chi connectivity index (χ0) is 14.4. The SMILES string of the molecule is CC(C)CC1CN(C(C)CCc2ccco2)CCCN1. The van der Waals surface area contributed by atoms with Crippen LogP contribution in [0.5, 0.6) is 0 Å². The fourth-order valence-corrected chi connectivity index (χ4v) is 3.14. The van der Waals surface area contributed by atoms with E-state index in [1.54, 1.807) is 6.26 Å². The molecule has 2 heterocycles. The minimum absolute atomic E-state index is 0.634. The second-order valence-corrected chi connectivity index (χ2v) is 6.60. The summed E-state index contributed by atoms with van der Waals surface area (Å²) in [6.07, 6.45) is 6.55. The van der Waals surface area contributed by atoms with Crippen LogP contribution in [-0.2, 0) is 6.42 Å². The average Bonchev–Trinajstić information content (AvgIpc) is 2.81. The Kier molecular flexibility index (Phi) is 6.11. The van der Waals surface area contributed by atoms with Gasteiger partial charge in [0.05, 0.1) is 6.26 Å². The third-order valence-corrected chi connectivity index (χ3v) is 4.28. The van der Waals surface area contributed by atoms with E-state index in [9.17, 15) is 0 Å². The summed E-state index contributed by atoms with van der Waals surface area (Å²) in [5.41, 5.74) is 0. The Morgan fingerprint density at radius 1 is 1.40 bits per heavy atom. The molecule has 2 rings (SSSR count). The molecule has 0 aromatic carbocycles. The third kappa shape index (κ3) is 4.95. The Balaban J connectivity index is 1.82. The molecule has 1 aliphatic rings. The smallest absolute Gasteiger partial charge is 0.103 e. The number of aryl methyl sites for hydroxylation is 1. The van der Waals surface area contributed by atoms with Crippen LogP contribution < -0.4 is 5.32 Å². The molecule has 2 unspecified atom stereocenters. The molecule has 0 bridgehead atoms. The molecular weight excluding hydrogens is 248 g/mol. The van der Waals surface area contributed by atoms with Crippen LogP contribution in [0.2, 0.25) is 0 Å². The monoisotopic (exact) mass is 278 g/mol. The summed E-state index contributed by atoms with van der Waals surface area (Å²) in [7, 11) is 0. The second kappa shape index (κ2) is 7.84. The summed E-state index contributed by atoms with van der Waals surface area (Å²) in [5, 5.41) is 3.71. The molecule has 1 N–H and O–H groups in total. The van der Waals surface area contributed by atoms with Crippen molar-refractivity contribution >= 4 is 0 Å². The lowest BCUT2D eigenvalue weighted by Crippen LogP contribution is -2.42. The van der Waals surface area contributed by atoms with Gasteiger partial charge in [0.2, 0.25) is 0 Å². The van der Waals surface area contributed by atoms with Gasteiger partial charge in [-0.3, -0.25) is 4.90 Å². The summed E-state index contributed by atoms with van der Waals surface area (Å²) in [6.45, 7) is 10.6. The first kappa shape index (κ1) is 15.6. The van der Waals surface area contributed by atoms with Gasteiger partial charge in [-0.1, -0.05) is 13.8 Å². The second-order valence-electron chi connectivity index (χ2n) is 6.60. The first-order valence-electron chi connectivity index (χ1n) is 8.15. The van der Waals surface area contributed by atoms with E-state index in [1.807, 2.05) is 6.07 Å². The van der Waals surface area contributed by atoms with Gasteiger partial charge in [-0.2, -0.15) is 0 Å². The lowest BCUT2D eigenvalue weighted by molar-refractivity contribution is 0.188. The molecule has 0 radical (unpaired) electrons. The summed E-state index contributed by atoms with van der Waals surface area (Å²) in [4.78, 5) is 2.66. The minimum atomic E-state index is 0.634. The predicted octanol–water partition coefficient (Wildman–Crippen LogP) is 3.31. The Morgan fingerprint density at radius 2 is 2.25 bits per heavy atom. The molecule has 0 aliphatic carbocycles. The molecule has 2 atom stereocenters. The Labute approximate surface area is 123 Å². The van der Waals surface area contributed by atoms with Crippen LogP contribution in [0.25, 0.3) is 0 Å². The molecule has 1 saturated heterocycles. The van der Waals surface area contributed by atoms with E-state index in [0.717, 1.165) is 18.1 Å². The minimum Gasteiger partial charge on any atom is -0.469 e. The van der Waals surface area contributed by atoms with Crippen molar-refractivity contribution in [3.05, 3.63) is 24.2 Å². The summed E-state index contributed by atoms with van der Waals surface area (Å²) >= 11 is 0. The van der Waals surface area contributed by atoms with Crippen LogP contribution >= 0.6 is 0 Å². The zero-order valence-electron chi connectivity index (χ0n) is 13.3. The molecule has 1 aliphatic heterocycles. The molecule has 0 spiro atoms. The van der Waals surface area contributed by atoms with E-state index in [2.05, 4.69) is 37.1 Å². The van der Waals surface area contributed by atoms with Crippen molar-refractivity contribution in [1.29, 1.82) is 0 Å². The maximum absolute atomic E-state index is 5.44. The van der Waals surface area contributed by atoms with Crippen molar-refractivity contribution in [3.63, 3.8) is 0 Å². The number of furan rings is 1. The van der Waals surface area contributed by atoms with E-state index in [1.165, 1.54) is 38.9 Å². The van der Waals surface area contributed by atoms with Crippen molar-refractivity contribution in [2.75, 3.05) is 19.6 Å². The van der Waals surface area contributed by atoms with E-state index < -0.39 is 0 Å². The van der Waals surface area contributed by atoms with Gasteiger partial charge in [-0.25, -0.2) is 0 Å². The number of hydrogen-bond acceptors (Lipinski definition) is 3. The Bertz CT molecular complexity index is 361. The van der Waals surface area contributed by atoms with Gasteiger partial charge in [0, 0.05) is 25.0 Å². The van der Waals surface area contributed by atoms with Gasteiger partial charge in [-0.15, -0.1) is 0 Å².